The Morgan fingerprint density at radius 1 is 1.40 bits per heavy atom. The van der Waals surface area contributed by atoms with E-state index >= 15 is 0 Å². The van der Waals surface area contributed by atoms with Crippen molar-refractivity contribution in [1.82, 2.24) is 4.57 Å². The van der Waals surface area contributed by atoms with Crippen LogP contribution in [-0.4, -0.2) is 4.57 Å². The molecule has 1 radical (unpaired) electrons. The van der Waals surface area contributed by atoms with E-state index in [0.717, 1.165) is 16.7 Å². The van der Waals surface area contributed by atoms with Gasteiger partial charge in [0, 0.05) is 24.9 Å². The number of aromatic nitrogens is 1. The standard InChI is InChI=1S/C13H12NO/c1-10-8-13(15)14(2)9-12(10)11-6-4-3-5-7-11/h3-4,6-9H,1-2H3. The number of hydrogen-bond donors (Lipinski definition) is 0. The second-order valence-corrected chi connectivity index (χ2v) is 3.61. The molecule has 2 rings (SSSR count). The molecule has 0 saturated heterocycles. The molecule has 0 spiro atoms. The van der Waals surface area contributed by atoms with Gasteiger partial charge in [-0.15, -0.1) is 0 Å². The number of nitrogens with zero attached hydrogens (tertiary/aromatic N) is 1. The smallest absolute Gasteiger partial charge is 0.250 e. The molecule has 75 valence electrons. The first kappa shape index (κ1) is 9.71. The molecule has 0 aliphatic carbocycles. The molecule has 1 aromatic heterocycles. The van der Waals surface area contributed by atoms with Crippen molar-refractivity contribution in [2.24, 2.45) is 7.05 Å². The fourth-order valence-corrected chi connectivity index (χ4v) is 1.59. The lowest BCUT2D eigenvalue weighted by Crippen LogP contribution is -2.15. The molecular weight excluding hydrogens is 186 g/mol. The summed E-state index contributed by atoms with van der Waals surface area (Å²) in [5.41, 5.74) is 3.19. The van der Waals surface area contributed by atoms with Crippen molar-refractivity contribution in [2.45, 2.75) is 6.92 Å². The quantitative estimate of drug-likeness (QED) is 0.688. The highest BCUT2D eigenvalue weighted by molar-refractivity contribution is 5.65. The van der Waals surface area contributed by atoms with Crippen molar-refractivity contribution >= 4 is 0 Å². The van der Waals surface area contributed by atoms with Crippen LogP contribution in [0.1, 0.15) is 5.56 Å². The summed E-state index contributed by atoms with van der Waals surface area (Å²) in [5.74, 6) is 0. The van der Waals surface area contributed by atoms with Gasteiger partial charge in [0.1, 0.15) is 0 Å². The topological polar surface area (TPSA) is 22.0 Å². The van der Waals surface area contributed by atoms with Gasteiger partial charge in [-0.05, 0) is 30.2 Å². The van der Waals surface area contributed by atoms with Gasteiger partial charge in [0.2, 0.25) is 0 Å². The molecular formula is C13H12NO. The lowest BCUT2D eigenvalue weighted by Gasteiger charge is -2.07. The van der Waals surface area contributed by atoms with Gasteiger partial charge < -0.3 is 4.57 Å². The van der Waals surface area contributed by atoms with E-state index in [1.54, 1.807) is 17.7 Å². The molecule has 0 amide bonds. The lowest BCUT2D eigenvalue weighted by molar-refractivity contribution is 0.858. The number of hydrogen-bond acceptors (Lipinski definition) is 1. The van der Waals surface area contributed by atoms with E-state index in [1.165, 1.54) is 0 Å². The first-order valence-electron chi connectivity index (χ1n) is 4.82. The molecule has 0 bridgehead atoms. The van der Waals surface area contributed by atoms with E-state index in [0.29, 0.717) is 0 Å². The third kappa shape index (κ3) is 1.84. The summed E-state index contributed by atoms with van der Waals surface area (Å²) < 4.78 is 1.59. The number of rotatable bonds is 1. The highest BCUT2D eigenvalue weighted by Crippen LogP contribution is 2.20. The van der Waals surface area contributed by atoms with E-state index in [-0.39, 0.29) is 5.56 Å². The first-order chi connectivity index (χ1) is 7.18. The molecule has 0 aliphatic heterocycles. The Bertz CT molecular complexity index is 526. The molecule has 2 aromatic rings. The van der Waals surface area contributed by atoms with Gasteiger partial charge in [0.25, 0.3) is 5.56 Å². The molecule has 15 heavy (non-hydrogen) atoms. The van der Waals surface area contributed by atoms with E-state index in [9.17, 15) is 4.79 Å². The summed E-state index contributed by atoms with van der Waals surface area (Å²) in [5, 5.41) is 0. The SMILES string of the molecule is Cc1cc(=O)n(C)cc1-c1c[c]ccc1. The molecule has 2 nitrogen and oxygen atoms in total. The van der Waals surface area contributed by atoms with Gasteiger partial charge in [-0.1, -0.05) is 18.2 Å². The van der Waals surface area contributed by atoms with Gasteiger partial charge in [-0.25, -0.2) is 0 Å². The Labute approximate surface area is 88.8 Å². The van der Waals surface area contributed by atoms with E-state index < -0.39 is 0 Å². The number of aryl methyl sites for hydroxylation is 2. The Kier molecular flexibility index (Phi) is 2.42. The maximum Gasteiger partial charge on any atom is 0.250 e. The maximum atomic E-state index is 11.4. The average molecular weight is 198 g/mol. The van der Waals surface area contributed by atoms with Crippen LogP contribution in [0.2, 0.25) is 0 Å². The highest BCUT2D eigenvalue weighted by Gasteiger charge is 2.03. The van der Waals surface area contributed by atoms with Crippen LogP contribution < -0.4 is 5.56 Å². The van der Waals surface area contributed by atoms with Crippen LogP contribution in [0, 0.1) is 13.0 Å². The van der Waals surface area contributed by atoms with Crippen LogP contribution in [0.5, 0.6) is 0 Å². The van der Waals surface area contributed by atoms with Gasteiger partial charge in [0.05, 0.1) is 0 Å². The average Bonchev–Trinajstić information content (AvgIpc) is 2.25. The van der Waals surface area contributed by atoms with Gasteiger partial charge >= 0.3 is 0 Å². The molecule has 1 heterocycles. The summed E-state index contributed by atoms with van der Waals surface area (Å²) in [6.07, 6.45) is 1.86. The lowest BCUT2D eigenvalue weighted by atomic mass is 10.0. The third-order valence-electron chi connectivity index (χ3n) is 2.45. The monoisotopic (exact) mass is 198 g/mol. The van der Waals surface area contributed by atoms with Crippen molar-refractivity contribution < 1.29 is 0 Å². The largest absolute Gasteiger partial charge is 0.318 e. The summed E-state index contributed by atoms with van der Waals surface area (Å²) in [6.45, 7) is 1.95. The summed E-state index contributed by atoms with van der Waals surface area (Å²) >= 11 is 0. The van der Waals surface area contributed by atoms with Crippen LogP contribution in [0.4, 0.5) is 0 Å². The zero-order chi connectivity index (χ0) is 10.8. The minimum absolute atomic E-state index is 0.0242. The molecule has 2 heteroatoms. The van der Waals surface area contributed by atoms with E-state index in [1.807, 2.05) is 37.4 Å². The summed E-state index contributed by atoms with van der Waals surface area (Å²) in [7, 11) is 1.76. The predicted molar refractivity (Wildman–Crippen MR) is 60.7 cm³/mol. The van der Waals surface area contributed by atoms with Crippen LogP contribution in [-0.2, 0) is 7.05 Å². The van der Waals surface area contributed by atoms with Crippen molar-refractivity contribution in [3.05, 3.63) is 58.5 Å². The Balaban J connectivity index is 2.64. The van der Waals surface area contributed by atoms with Crippen LogP contribution in [0.15, 0.2) is 41.3 Å². The minimum Gasteiger partial charge on any atom is -0.318 e. The molecule has 1 aromatic carbocycles. The minimum atomic E-state index is 0.0242. The number of benzene rings is 1. The first-order valence-corrected chi connectivity index (χ1v) is 4.82. The van der Waals surface area contributed by atoms with Gasteiger partial charge in [0.15, 0.2) is 0 Å². The van der Waals surface area contributed by atoms with Crippen molar-refractivity contribution in [1.29, 1.82) is 0 Å². The van der Waals surface area contributed by atoms with Crippen LogP contribution in [0.3, 0.4) is 0 Å². The fourth-order valence-electron chi connectivity index (χ4n) is 1.59. The fraction of sp³-hybridized carbons (Fsp3) is 0.154. The normalized spacial score (nSPS) is 10.3. The van der Waals surface area contributed by atoms with Crippen LogP contribution >= 0.6 is 0 Å². The Morgan fingerprint density at radius 3 is 2.87 bits per heavy atom. The van der Waals surface area contributed by atoms with Gasteiger partial charge in [-0.2, -0.15) is 0 Å². The van der Waals surface area contributed by atoms with Crippen LogP contribution in [0.25, 0.3) is 11.1 Å². The van der Waals surface area contributed by atoms with Crippen molar-refractivity contribution in [3.63, 3.8) is 0 Å². The van der Waals surface area contributed by atoms with Gasteiger partial charge in [-0.3, -0.25) is 4.79 Å². The predicted octanol–water partition coefficient (Wildman–Crippen LogP) is 2.16. The Hall–Kier alpha value is -1.83. The number of pyridine rings is 1. The molecule has 0 N–H and O–H groups in total. The molecule has 0 unspecified atom stereocenters. The van der Waals surface area contributed by atoms with Crippen molar-refractivity contribution in [2.75, 3.05) is 0 Å². The molecule has 0 saturated carbocycles. The zero-order valence-corrected chi connectivity index (χ0v) is 8.82. The van der Waals surface area contributed by atoms with Crippen molar-refractivity contribution in [3.8, 4) is 11.1 Å². The molecule has 0 aliphatic rings. The highest BCUT2D eigenvalue weighted by atomic mass is 16.1. The van der Waals surface area contributed by atoms with E-state index in [4.69, 9.17) is 0 Å². The second kappa shape index (κ2) is 3.73. The van der Waals surface area contributed by atoms with E-state index in [2.05, 4.69) is 6.07 Å². The second-order valence-electron chi connectivity index (χ2n) is 3.61. The third-order valence-corrected chi connectivity index (χ3v) is 2.45. The zero-order valence-electron chi connectivity index (χ0n) is 8.82. The molecule has 0 atom stereocenters. The Morgan fingerprint density at radius 2 is 2.20 bits per heavy atom. The summed E-state index contributed by atoms with van der Waals surface area (Å²) in [6, 6.07) is 12.4. The summed E-state index contributed by atoms with van der Waals surface area (Å²) in [4.78, 5) is 11.4. The maximum absolute atomic E-state index is 11.4. The molecule has 0 fully saturated rings.